The van der Waals surface area contributed by atoms with Crippen LogP contribution in [0.4, 0.5) is 5.69 Å². The van der Waals surface area contributed by atoms with Gasteiger partial charge in [-0.2, -0.15) is 0 Å². The van der Waals surface area contributed by atoms with Crippen LogP contribution < -0.4 is 10.6 Å². The lowest BCUT2D eigenvalue weighted by atomic mass is 10.0. The lowest BCUT2D eigenvalue weighted by Crippen LogP contribution is -2.32. The molecule has 142 valence electrons. The van der Waals surface area contributed by atoms with Gasteiger partial charge in [-0.05, 0) is 48.7 Å². The van der Waals surface area contributed by atoms with Crippen LogP contribution in [0.1, 0.15) is 41.0 Å². The molecule has 3 aromatic carbocycles. The summed E-state index contributed by atoms with van der Waals surface area (Å²) >= 11 is 0. The quantitative estimate of drug-likeness (QED) is 0.630. The van der Waals surface area contributed by atoms with Crippen molar-refractivity contribution in [1.82, 2.24) is 5.32 Å². The van der Waals surface area contributed by atoms with Crippen LogP contribution in [0.25, 0.3) is 11.1 Å². The molecule has 3 aromatic rings. The number of hydrogen-bond acceptors (Lipinski definition) is 2. The Morgan fingerprint density at radius 1 is 0.786 bits per heavy atom. The highest BCUT2D eigenvalue weighted by Gasteiger charge is 2.15. The molecule has 0 spiro atoms. The van der Waals surface area contributed by atoms with Crippen LogP contribution >= 0.6 is 0 Å². The van der Waals surface area contributed by atoms with Gasteiger partial charge in [0.05, 0.1) is 11.3 Å². The molecule has 2 N–H and O–H groups in total. The molecule has 0 radical (unpaired) electrons. The highest BCUT2D eigenvalue weighted by atomic mass is 16.2. The van der Waals surface area contributed by atoms with E-state index in [1.165, 1.54) is 0 Å². The van der Waals surface area contributed by atoms with Crippen molar-refractivity contribution in [2.24, 2.45) is 0 Å². The summed E-state index contributed by atoms with van der Waals surface area (Å²) in [7, 11) is 0. The first-order chi connectivity index (χ1) is 13.6. The van der Waals surface area contributed by atoms with E-state index in [2.05, 4.69) is 10.6 Å². The van der Waals surface area contributed by atoms with Crippen LogP contribution in [0.15, 0.2) is 78.9 Å². The van der Waals surface area contributed by atoms with E-state index in [1.807, 2.05) is 56.3 Å². The van der Waals surface area contributed by atoms with Crippen LogP contribution in [0, 0.1) is 0 Å². The molecule has 0 aliphatic heterocycles. The Bertz CT molecular complexity index is 950. The largest absolute Gasteiger partial charge is 0.350 e. The normalized spacial score (nSPS) is 11.5. The fraction of sp³-hybridized carbons (Fsp3) is 0.167. The number of carbonyl (C=O) groups is 2. The number of rotatable bonds is 6. The van der Waals surface area contributed by atoms with Crippen LogP contribution in [-0.2, 0) is 0 Å². The molecule has 28 heavy (non-hydrogen) atoms. The van der Waals surface area contributed by atoms with E-state index < -0.39 is 0 Å². The molecule has 0 aliphatic rings. The third-order valence-electron chi connectivity index (χ3n) is 4.66. The van der Waals surface area contributed by atoms with Crippen molar-refractivity contribution in [3.05, 3.63) is 90.0 Å². The predicted octanol–water partition coefficient (Wildman–Crippen LogP) is 5.13. The summed E-state index contributed by atoms with van der Waals surface area (Å²) in [5, 5.41) is 5.79. The summed E-state index contributed by atoms with van der Waals surface area (Å²) in [6, 6.07) is 24.5. The smallest absolute Gasteiger partial charge is 0.255 e. The van der Waals surface area contributed by atoms with Crippen molar-refractivity contribution < 1.29 is 9.59 Å². The Labute approximate surface area is 165 Å². The van der Waals surface area contributed by atoms with Gasteiger partial charge in [-0.15, -0.1) is 0 Å². The Morgan fingerprint density at radius 2 is 1.39 bits per heavy atom. The second kappa shape index (κ2) is 9.00. The maximum atomic E-state index is 12.7. The number of nitrogens with one attached hydrogen (secondary N) is 2. The minimum Gasteiger partial charge on any atom is -0.350 e. The van der Waals surface area contributed by atoms with Crippen molar-refractivity contribution in [2.45, 2.75) is 26.3 Å². The van der Waals surface area contributed by atoms with Crippen LogP contribution in [-0.4, -0.2) is 17.9 Å². The summed E-state index contributed by atoms with van der Waals surface area (Å²) in [5.41, 5.74) is 3.64. The SMILES string of the molecule is CC[C@H](C)NC(=O)c1ccccc1NC(=O)c1ccc(-c2ccccc2)cc1. The molecule has 0 heterocycles. The van der Waals surface area contributed by atoms with Gasteiger partial charge in [0.2, 0.25) is 0 Å². The van der Waals surface area contributed by atoms with E-state index in [-0.39, 0.29) is 17.9 Å². The number of hydrogen-bond donors (Lipinski definition) is 2. The molecular weight excluding hydrogens is 348 g/mol. The van der Waals surface area contributed by atoms with Gasteiger partial charge in [-0.3, -0.25) is 9.59 Å². The van der Waals surface area contributed by atoms with Gasteiger partial charge in [0.1, 0.15) is 0 Å². The fourth-order valence-corrected chi connectivity index (χ4v) is 2.83. The zero-order valence-electron chi connectivity index (χ0n) is 16.1. The molecule has 1 atom stereocenters. The van der Waals surface area contributed by atoms with Crippen molar-refractivity contribution >= 4 is 17.5 Å². The summed E-state index contributed by atoms with van der Waals surface area (Å²) in [4.78, 5) is 25.2. The molecule has 0 bridgehead atoms. The van der Waals surface area contributed by atoms with Gasteiger partial charge in [0, 0.05) is 11.6 Å². The monoisotopic (exact) mass is 372 g/mol. The predicted molar refractivity (Wildman–Crippen MR) is 113 cm³/mol. The average molecular weight is 372 g/mol. The number of benzene rings is 3. The summed E-state index contributed by atoms with van der Waals surface area (Å²) in [5.74, 6) is -0.437. The highest BCUT2D eigenvalue weighted by molar-refractivity contribution is 6.09. The molecule has 0 aliphatic carbocycles. The highest BCUT2D eigenvalue weighted by Crippen LogP contribution is 2.21. The van der Waals surface area contributed by atoms with Crippen molar-refractivity contribution in [2.75, 3.05) is 5.32 Å². The number of carbonyl (C=O) groups excluding carboxylic acids is 2. The van der Waals surface area contributed by atoms with E-state index in [1.54, 1.807) is 36.4 Å². The third kappa shape index (κ3) is 4.65. The standard InChI is InChI=1S/C24H24N2O2/c1-3-17(2)25-24(28)21-11-7-8-12-22(21)26-23(27)20-15-13-19(14-16-20)18-9-5-4-6-10-18/h4-17H,3H2,1-2H3,(H,25,28)(H,26,27)/t17-/m0/s1. The van der Waals surface area contributed by atoms with Gasteiger partial charge in [-0.1, -0.05) is 61.5 Å². The van der Waals surface area contributed by atoms with Gasteiger partial charge in [-0.25, -0.2) is 0 Å². The van der Waals surface area contributed by atoms with Crippen LogP contribution in [0.3, 0.4) is 0 Å². The summed E-state index contributed by atoms with van der Waals surface area (Å²) in [6.07, 6.45) is 0.841. The maximum Gasteiger partial charge on any atom is 0.255 e. The molecule has 4 nitrogen and oxygen atoms in total. The number of para-hydroxylation sites is 1. The Morgan fingerprint density at radius 3 is 2.07 bits per heavy atom. The Hall–Kier alpha value is -3.40. The lowest BCUT2D eigenvalue weighted by Gasteiger charge is -2.14. The van der Waals surface area contributed by atoms with E-state index in [0.717, 1.165) is 17.5 Å². The molecular formula is C24H24N2O2. The van der Waals surface area contributed by atoms with Crippen LogP contribution in [0.5, 0.6) is 0 Å². The van der Waals surface area contributed by atoms with Crippen molar-refractivity contribution in [1.29, 1.82) is 0 Å². The second-order valence-corrected chi connectivity index (χ2v) is 6.73. The van der Waals surface area contributed by atoms with E-state index in [9.17, 15) is 9.59 Å². The first-order valence-electron chi connectivity index (χ1n) is 9.45. The number of anilines is 1. The van der Waals surface area contributed by atoms with Crippen molar-refractivity contribution in [3.63, 3.8) is 0 Å². The number of amides is 2. The molecule has 0 aromatic heterocycles. The average Bonchev–Trinajstić information content (AvgIpc) is 2.74. The van der Waals surface area contributed by atoms with Gasteiger partial charge >= 0.3 is 0 Å². The Balaban J connectivity index is 1.76. The second-order valence-electron chi connectivity index (χ2n) is 6.73. The maximum absolute atomic E-state index is 12.7. The van der Waals surface area contributed by atoms with Crippen LogP contribution in [0.2, 0.25) is 0 Å². The minimum absolute atomic E-state index is 0.0711. The molecule has 0 fully saturated rings. The first kappa shape index (κ1) is 19.4. The lowest BCUT2D eigenvalue weighted by molar-refractivity contribution is 0.0940. The van der Waals surface area contributed by atoms with Gasteiger partial charge in [0.25, 0.3) is 11.8 Å². The molecule has 2 amide bonds. The fourth-order valence-electron chi connectivity index (χ4n) is 2.83. The summed E-state index contributed by atoms with van der Waals surface area (Å²) in [6.45, 7) is 3.96. The minimum atomic E-state index is -0.247. The van der Waals surface area contributed by atoms with E-state index in [4.69, 9.17) is 0 Å². The molecule has 3 rings (SSSR count). The first-order valence-corrected chi connectivity index (χ1v) is 9.45. The zero-order valence-corrected chi connectivity index (χ0v) is 16.1. The Kier molecular flexibility index (Phi) is 6.22. The van der Waals surface area contributed by atoms with Crippen molar-refractivity contribution in [3.8, 4) is 11.1 Å². The molecule has 0 unspecified atom stereocenters. The van der Waals surface area contributed by atoms with E-state index in [0.29, 0.717) is 16.8 Å². The third-order valence-corrected chi connectivity index (χ3v) is 4.66. The molecule has 0 saturated carbocycles. The van der Waals surface area contributed by atoms with E-state index >= 15 is 0 Å². The molecule has 0 saturated heterocycles. The molecule has 4 heteroatoms. The zero-order chi connectivity index (χ0) is 19.9. The topological polar surface area (TPSA) is 58.2 Å². The van der Waals surface area contributed by atoms with Gasteiger partial charge < -0.3 is 10.6 Å². The summed E-state index contributed by atoms with van der Waals surface area (Å²) < 4.78 is 0. The van der Waals surface area contributed by atoms with Gasteiger partial charge in [0.15, 0.2) is 0 Å².